The number of aromatic nitrogens is 1. The molecule has 3 aromatic rings. The first kappa shape index (κ1) is 15.8. The van der Waals surface area contributed by atoms with Gasteiger partial charge in [-0.25, -0.2) is 13.2 Å². The van der Waals surface area contributed by atoms with Crippen molar-refractivity contribution in [1.29, 1.82) is 0 Å². The first-order chi connectivity index (χ1) is 11.0. The first-order valence-electron chi connectivity index (χ1n) is 6.52. The summed E-state index contributed by atoms with van der Waals surface area (Å²) < 4.78 is 46.3. The van der Waals surface area contributed by atoms with E-state index >= 15 is 0 Å². The zero-order valence-corrected chi connectivity index (χ0v) is 13.1. The predicted octanol–water partition coefficient (Wildman–Crippen LogP) is 4.68. The standard InChI is InChI=1S/C16H9BrF3NO2/c17-9-3-1-2-8(6-9)15-11(7-22)16(23-21-15)10-4-5-12(18)14(20)13(10)19/h1-6,22H,7H2. The van der Waals surface area contributed by atoms with Gasteiger partial charge in [-0.1, -0.05) is 33.2 Å². The van der Waals surface area contributed by atoms with E-state index in [1.165, 1.54) is 0 Å². The van der Waals surface area contributed by atoms with E-state index in [-0.39, 0.29) is 16.9 Å². The molecule has 0 saturated heterocycles. The van der Waals surface area contributed by atoms with Crippen molar-refractivity contribution in [3.8, 4) is 22.6 Å². The summed E-state index contributed by atoms with van der Waals surface area (Å²) in [6, 6.07) is 8.86. The number of benzene rings is 2. The summed E-state index contributed by atoms with van der Waals surface area (Å²) in [7, 11) is 0. The van der Waals surface area contributed by atoms with Gasteiger partial charge in [-0.2, -0.15) is 0 Å². The second kappa shape index (κ2) is 6.17. The van der Waals surface area contributed by atoms with Gasteiger partial charge in [-0.3, -0.25) is 0 Å². The highest BCUT2D eigenvalue weighted by Crippen LogP contribution is 2.35. The van der Waals surface area contributed by atoms with Crippen LogP contribution in [-0.4, -0.2) is 10.3 Å². The molecule has 0 bridgehead atoms. The van der Waals surface area contributed by atoms with E-state index in [4.69, 9.17) is 4.52 Å². The van der Waals surface area contributed by atoms with Crippen LogP contribution in [0.15, 0.2) is 45.4 Å². The maximum absolute atomic E-state index is 13.9. The lowest BCUT2D eigenvalue weighted by Crippen LogP contribution is -1.96. The van der Waals surface area contributed by atoms with Crippen LogP contribution in [0.2, 0.25) is 0 Å². The number of rotatable bonds is 3. The van der Waals surface area contributed by atoms with Gasteiger partial charge in [0.05, 0.1) is 17.7 Å². The summed E-state index contributed by atoms with van der Waals surface area (Å²) in [6.45, 7) is -0.501. The van der Waals surface area contributed by atoms with Crippen molar-refractivity contribution < 1.29 is 22.8 Å². The zero-order chi connectivity index (χ0) is 16.6. The summed E-state index contributed by atoms with van der Waals surface area (Å²) in [5.41, 5.74) is 0.809. The number of nitrogens with zero attached hydrogens (tertiary/aromatic N) is 1. The highest BCUT2D eigenvalue weighted by Gasteiger charge is 2.23. The van der Waals surface area contributed by atoms with Crippen LogP contribution >= 0.6 is 15.9 Å². The third-order valence-corrected chi connectivity index (χ3v) is 3.82. The van der Waals surface area contributed by atoms with Crippen LogP contribution in [0.1, 0.15) is 5.56 Å². The molecule has 0 amide bonds. The Morgan fingerprint density at radius 1 is 1.09 bits per heavy atom. The summed E-state index contributed by atoms with van der Waals surface area (Å²) in [5, 5.41) is 13.4. The lowest BCUT2D eigenvalue weighted by atomic mass is 10.0. The van der Waals surface area contributed by atoms with Gasteiger partial charge in [0.1, 0.15) is 5.69 Å². The molecule has 0 aliphatic heterocycles. The van der Waals surface area contributed by atoms with Gasteiger partial charge < -0.3 is 9.63 Å². The van der Waals surface area contributed by atoms with E-state index in [0.717, 1.165) is 16.6 Å². The summed E-state index contributed by atoms with van der Waals surface area (Å²) in [6.07, 6.45) is 0. The molecule has 0 spiro atoms. The Bertz CT molecular complexity index is 880. The molecule has 0 atom stereocenters. The number of hydrogen-bond acceptors (Lipinski definition) is 3. The maximum Gasteiger partial charge on any atom is 0.195 e. The van der Waals surface area contributed by atoms with E-state index in [1.54, 1.807) is 24.3 Å². The van der Waals surface area contributed by atoms with E-state index in [1.807, 2.05) is 0 Å². The summed E-state index contributed by atoms with van der Waals surface area (Å²) in [4.78, 5) is 0. The van der Waals surface area contributed by atoms with E-state index in [0.29, 0.717) is 11.3 Å². The molecule has 7 heteroatoms. The van der Waals surface area contributed by atoms with Crippen LogP contribution in [-0.2, 0) is 6.61 Å². The fourth-order valence-electron chi connectivity index (χ4n) is 2.23. The van der Waals surface area contributed by atoms with Gasteiger partial charge in [0.15, 0.2) is 23.2 Å². The van der Waals surface area contributed by atoms with Crippen LogP contribution in [0.5, 0.6) is 0 Å². The fraction of sp³-hybridized carbons (Fsp3) is 0.0625. The van der Waals surface area contributed by atoms with E-state index in [9.17, 15) is 18.3 Å². The molecular weight excluding hydrogens is 375 g/mol. The quantitative estimate of drug-likeness (QED) is 0.667. The number of hydrogen-bond donors (Lipinski definition) is 1. The lowest BCUT2D eigenvalue weighted by molar-refractivity contribution is 0.281. The third-order valence-electron chi connectivity index (χ3n) is 3.32. The van der Waals surface area contributed by atoms with Crippen LogP contribution in [0.3, 0.4) is 0 Å². The van der Waals surface area contributed by atoms with Crippen LogP contribution in [0, 0.1) is 17.5 Å². The van der Waals surface area contributed by atoms with Crippen LogP contribution in [0.25, 0.3) is 22.6 Å². The molecule has 3 rings (SSSR count). The molecule has 2 aromatic carbocycles. The van der Waals surface area contributed by atoms with Crippen LogP contribution < -0.4 is 0 Å². The molecule has 118 valence electrons. The molecule has 23 heavy (non-hydrogen) atoms. The molecule has 0 radical (unpaired) electrons. The molecule has 0 unspecified atom stereocenters. The third kappa shape index (κ3) is 2.77. The SMILES string of the molecule is OCc1c(-c2cccc(Br)c2)noc1-c1ccc(F)c(F)c1F. The van der Waals surface area contributed by atoms with Gasteiger partial charge in [0.2, 0.25) is 0 Å². The molecular formula is C16H9BrF3NO2. The number of halogens is 4. The largest absolute Gasteiger partial charge is 0.391 e. The molecule has 1 N–H and O–H groups in total. The minimum atomic E-state index is -1.60. The molecule has 0 aliphatic carbocycles. The van der Waals surface area contributed by atoms with Crippen LogP contribution in [0.4, 0.5) is 13.2 Å². The molecule has 0 fully saturated rings. The molecule has 1 aromatic heterocycles. The van der Waals surface area contributed by atoms with Crippen molar-refractivity contribution in [3.05, 3.63) is 63.9 Å². The Morgan fingerprint density at radius 3 is 2.57 bits per heavy atom. The minimum Gasteiger partial charge on any atom is -0.391 e. The predicted molar refractivity (Wildman–Crippen MR) is 80.9 cm³/mol. The normalized spacial score (nSPS) is 11.0. The number of aliphatic hydroxyl groups is 1. The summed E-state index contributed by atoms with van der Waals surface area (Å²) >= 11 is 3.31. The fourth-order valence-corrected chi connectivity index (χ4v) is 2.63. The Labute approximate surface area is 137 Å². The van der Waals surface area contributed by atoms with Gasteiger partial charge in [0, 0.05) is 10.0 Å². The van der Waals surface area contributed by atoms with Gasteiger partial charge in [-0.05, 0) is 24.3 Å². The minimum absolute atomic E-state index is 0.140. The Hall–Kier alpha value is -2.12. The average Bonchev–Trinajstić information content (AvgIpc) is 2.96. The topological polar surface area (TPSA) is 46.3 Å². The lowest BCUT2D eigenvalue weighted by Gasteiger charge is -2.04. The smallest absolute Gasteiger partial charge is 0.195 e. The zero-order valence-electron chi connectivity index (χ0n) is 11.5. The average molecular weight is 384 g/mol. The van der Waals surface area contributed by atoms with E-state index in [2.05, 4.69) is 21.1 Å². The summed E-state index contributed by atoms with van der Waals surface area (Å²) in [5.74, 6) is -4.44. The second-order valence-corrected chi connectivity index (χ2v) is 5.65. The highest BCUT2D eigenvalue weighted by atomic mass is 79.9. The van der Waals surface area contributed by atoms with Gasteiger partial charge in [0.25, 0.3) is 0 Å². The van der Waals surface area contributed by atoms with Crippen molar-refractivity contribution >= 4 is 15.9 Å². The molecule has 1 heterocycles. The molecule has 0 aliphatic rings. The highest BCUT2D eigenvalue weighted by molar-refractivity contribution is 9.10. The Morgan fingerprint density at radius 2 is 1.87 bits per heavy atom. The maximum atomic E-state index is 13.9. The first-order valence-corrected chi connectivity index (χ1v) is 7.31. The van der Waals surface area contributed by atoms with Gasteiger partial charge in [-0.15, -0.1) is 0 Å². The molecule has 0 saturated carbocycles. The van der Waals surface area contributed by atoms with Crippen molar-refractivity contribution in [3.63, 3.8) is 0 Å². The van der Waals surface area contributed by atoms with Crippen molar-refractivity contribution in [2.24, 2.45) is 0 Å². The number of aliphatic hydroxyl groups excluding tert-OH is 1. The van der Waals surface area contributed by atoms with Gasteiger partial charge >= 0.3 is 0 Å². The van der Waals surface area contributed by atoms with E-state index < -0.39 is 24.1 Å². The van der Waals surface area contributed by atoms with Crippen molar-refractivity contribution in [2.75, 3.05) is 0 Å². The van der Waals surface area contributed by atoms with Crippen molar-refractivity contribution in [1.82, 2.24) is 5.16 Å². The van der Waals surface area contributed by atoms with Crippen molar-refractivity contribution in [2.45, 2.75) is 6.61 Å². The Balaban J connectivity index is 2.18. The Kier molecular flexibility index (Phi) is 4.23. The monoisotopic (exact) mass is 383 g/mol. The molecule has 3 nitrogen and oxygen atoms in total. The second-order valence-electron chi connectivity index (χ2n) is 4.73.